The summed E-state index contributed by atoms with van der Waals surface area (Å²) in [6, 6.07) is 8.02. The number of aromatic nitrogens is 2. The van der Waals surface area contributed by atoms with Gasteiger partial charge in [-0.1, -0.05) is 12.1 Å². The summed E-state index contributed by atoms with van der Waals surface area (Å²) in [5.74, 6) is 0.911. The molecular weight excluding hydrogens is 306 g/mol. The number of hydrogen-bond donors (Lipinski definition) is 0. The van der Waals surface area contributed by atoms with Crippen molar-refractivity contribution in [2.45, 2.75) is 0 Å². The third-order valence-electron chi connectivity index (χ3n) is 4.43. The lowest BCUT2D eigenvalue weighted by Crippen LogP contribution is -2.47. The summed E-state index contributed by atoms with van der Waals surface area (Å²) in [4.78, 5) is 26.7. The van der Waals surface area contributed by atoms with Gasteiger partial charge in [0.05, 0.1) is 24.1 Å². The lowest BCUT2D eigenvalue weighted by atomic mass is 10.2. The average Bonchev–Trinajstić information content (AvgIpc) is 3.08. The summed E-state index contributed by atoms with van der Waals surface area (Å²) < 4.78 is 5.08. The zero-order chi connectivity index (χ0) is 16.4. The van der Waals surface area contributed by atoms with Crippen molar-refractivity contribution in [2.75, 3.05) is 54.0 Å². The molecule has 2 aromatic rings. The molecule has 24 heavy (non-hydrogen) atoms. The Bertz CT molecular complexity index is 716. The maximum absolute atomic E-state index is 11.9. The molecule has 0 saturated carbocycles. The van der Waals surface area contributed by atoms with Crippen LogP contribution in [0.15, 0.2) is 42.9 Å². The van der Waals surface area contributed by atoms with E-state index in [1.807, 2.05) is 18.2 Å². The van der Waals surface area contributed by atoms with Crippen LogP contribution in [0.3, 0.4) is 0 Å². The second kappa shape index (κ2) is 6.35. The number of ether oxygens (including phenoxy) is 1. The van der Waals surface area contributed by atoms with Gasteiger partial charge in [-0.05, 0) is 12.1 Å². The predicted octanol–water partition coefficient (Wildman–Crippen LogP) is 1.76. The van der Waals surface area contributed by atoms with Gasteiger partial charge in [-0.25, -0.2) is 9.78 Å². The first kappa shape index (κ1) is 14.7. The smallest absolute Gasteiger partial charge is 0.414 e. The minimum Gasteiger partial charge on any atom is -0.447 e. The van der Waals surface area contributed by atoms with E-state index in [2.05, 4.69) is 25.8 Å². The normalized spacial score (nSPS) is 18.0. The third-order valence-corrected chi connectivity index (χ3v) is 4.43. The summed E-state index contributed by atoms with van der Waals surface area (Å²) in [7, 11) is 0. The molecule has 7 nitrogen and oxygen atoms in total. The molecule has 1 aromatic heterocycles. The van der Waals surface area contributed by atoms with E-state index < -0.39 is 0 Å². The summed E-state index contributed by atoms with van der Waals surface area (Å²) in [6.45, 7) is 4.55. The number of amides is 1. The minimum absolute atomic E-state index is 0.263. The highest BCUT2D eigenvalue weighted by atomic mass is 16.6. The van der Waals surface area contributed by atoms with Crippen molar-refractivity contribution in [2.24, 2.45) is 0 Å². The lowest BCUT2D eigenvalue weighted by molar-refractivity contribution is 0.181. The van der Waals surface area contributed by atoms with Crippen LogP contribution in [0.5, 0.6) is 0 Å². The fraction of sp³-hybridized carbons (Fsp3) is 0.353. The van der Waals surface area contributed by atoms with Gasteiger partial charge in [0.2, 0.25) is 0 Å². The zero-order valence-corrected chi connectivity index (χ0v) is 13.3. The minimum atomic E-state index is -0.263. The molecule has 0 N–H and O–H groups in total. The van der Waals surface area contributed by atoms with Crippen molar-refractivity contribution in [3.8, 4) is 0 Å². The third kappa shape index (κ3) is 2.73. The molecule has 0 spiro atoms. The van der Waals surface area contributed by atoms with Gasteiger partial charge in [0, 0.05) is 38.6 Å². The van der Waals surface area contributed by atoms with E-state index in [4.69, 9.17) is 4.74 Å². The van der Waals surface area contributed by atoms with Gasteiger partial charge in [-0.2, -0.15) is 0 Å². The Morgan fingerprint density at radius 3 is 2.33 bits per heavy atom. The summed E-state index contributed by atoms with van der Waals surface area (Å²) >= 11 is 0. The summed E-state index contributed by atoms with van der Waals surface area (Å²) in [6.07, 6.45) is 4.94. The van der Waals surface area contributed by atoms with Crippen LogP contribution in [0.4, 0.5) is 22.0 Å². The fourth-order valence-corrected chi connectivity index (χ4v) is 3.20. The van der Waals surface area contributed by atoms with Gasteiger partial charge >= 0.3 is 6.09 Å². The van der Waals surface area contributed by atoms with Crippen LogP contribution >= 0.6 is 0 Å². The molecule has 0 atom stereocenters. The number of para-hydroxylation sites is 2. The fourth-order valence-electron chi connectivity index (χ4n) is 3.20. The van der Waals surface area contributed by atoms with Crippen molar-refractivity contribution < 1.29 is 9.53 Å². The number of carbonyl (C=O) groups excluding carboxylic acids is 1. The predicted molar refractivity (Wildman–Crippen MR) is 91.6 cm³/mol. The molecular formula is C17H19N5O2. The van der Waals surface area contributed by atoms with E-state index in [-0.39, 0.29) is 6.09 Å². The van der Waals surface area contributed by atoms with E-state index in [9.17, 15) is 4.79 Å². The van der Waals surface area contributed by atoms with Gasteiger partial charge < -0.3 is 14.5 Å². The van der Waals surface area contributed by atoms with Crippen LogP contribution < -0.4 is 14.7 Å². The Morgan fingerprint density at radius 2 is 1.67 bits per heavy atom. The molecule has 3 heterocycles. The van der Waals surface area contributed by atoms with E-state index in [1.165, 1.54) is 0 Å². The van der Waals surface area contributed by atoms with Crippen LogP contribution in [0.1, 0.15) is 0 Å². The molecule has 1 aromatic carbocycles. The van der Waals surface area contributed by atoms with Crippen molar-refractivity contribution in [1.82, 2.24) is 9.97 Å². The molecule has 2 fully saturated rings. The number of rotatable bonds is 3. The Balaban J connectivity index is 1.51. The Labute approximate surface area is 140 Å². The number of anilines is 3. The number of piperazine rings is 1. The molecule has 0 unspecified atom stereocenters. The van der Waals surface area contributed by atoms with E-state index >= 15 is 0 Å². The molecule has 124 valence electrons. The van der Waals surface area contributed by atoms with Crippen molar-refractivity contribution in [3.63, 3.8) is 0 Å². The van der Waals surface area contributed by atoms with Crippen LogP contribution in [-0.4, -0.2) is 55.4 Å². The van der Waals surface area contributed by atoms with Crippen LogP contribution in [-0.2, 0) is 4.74 Å². The molecule has 4 rings (SSSR count). The maximum atomic E-state index is 11.9. The highest BCUT2D eigenvalue weighted by Crippen LogP contribution is 2.32. The number of cyclic esters (lactones) is 1. The van der Waals surface area contributed by atoms with Crippen molar-refractivity contribution >= 4 is 23.3 Å². The second-order valence-corrected chi connectivity index (χ2v) is 5.79. The van der Waals surface area contributed by atoms with E-state index in [0.29, 0.717) is 13.2 Å². The van der Waals surface area contributed by atoms with Gasteiger partial charge in [0.1, 0.15) is 12.4 Å². The molecule has 0 aliphatic carbocycles. The molecule has 2 aliphatic heterocycles. The number of nitrogens with zero attached hydrogens (tertiary/aromatic N) is 5. The molecule has 0 bridgehead atoms. The SMILES string of the molecule is O=C1OCCN1c1ccccc1N1CCN(c2cnccn2)CC1. The van der Waals surface area contributed by atoms with E-state index in [1.54, 1.807) is 23.5 Å². The largest absolute Gasteiger partial charge is 0.447 e. The number of hydrogen-bond acceptors (Lipinski definition) is 6. The van der Waals surface area contributed by atoms with Crippen LogP contribution in [0.25, 0.3) is 0 Å². The molecule has 2 aliphatic rings. The Hall–Kier alpha value is -2.83. The lowest BCUT2D eigenvalue weighted by Gasteiger charge is -2.37. The molecule has 0 radical (unpaired) electrons. The van der Waals surface area contributed by atoms with Gasteiger partial charge in [0.25, 0.3) is 0 Å². The van der Waals surface area contributed by atoms with Gasteiger partial charge in [-0.3, -0.25) is 9.88 Å². The monoisotopic (exact) mass is 325 g/mol. The first-order valence-corrected chi connectivity index (χ1v) is 8.12. The molecule has 1 amide bonds. The van der Waals surface area contributed by atoms with Crippen LogP contribution in [0.2, 0.25) is 0 Å². The summed E-state index contributed by atoms with van der Waals surface area (Å²) in [5.41, 5.74) is 2.00. The van der Waals surface area contributed by atoms with Gasteiger partial charge in [0.15, 0.2) is 0 Å². The first-order chi connectivity index (χ1) is 11.8. The maximum Gasteiger partial charge on any atom is 0.414 e. The quantitative estimate of drug-likeness (QED) is 0.857. The standard InChI is InChI=1S/C17H19N5O2/c23-17-22(11-12-24-17)15-4-2-1-3-14(15)20-7-9-21(10-8-20)16-13-18-5-6-19-16/h1-6,13H,7-12H2. The van der Waals surface area contributed by atoms with Crippen molar-refractivity contribution in [1.29, 1.82) is 0 Å². The highest BCUT2D eigenvalue weighted by molar-refractivity contribution is 5.93. The number of benzene rings is 1. The van der Waals surface area contributed by atoms with Gasteiger partial charge in [-0.15, -0.1) is 0 Å². The van der Waals surface area contributed by atoms with Crippen molar-refractivity contribution in [3.05, 3.63) is 42.9 Å². The Morgan fingerprint density at radius 1 is 0.917 bits per heavy atom. The first-order valence-electron chi connectivity index (χ1n) is 8.12. The second-order valence-electron chi connectivity index (χ2n) is 5.79. The number of carbonyl (C=O) groups is 1. The summed E-state index contributed by atoms with van der Waals surface area (Å²) in [5, 5.41) is 0. The topological polar surface area (TPSA) is 61.8 Å². The Kier molecular flexibility index (Phi) is 3.90. The highest BCUT2D eigenvalue weighted by Gasteiger charge is 2.28. The van der Waals surface area contributed by atoms with Crippen LogP contribution in [0, 0.1) is 0 Å². The molecule has 2 saturated heterocycles. The zero-order valence-electron chi connectivity index (χ0n) is 13.3. The van der Waals surface area contributed by atoms with E-state index in [0.717, 1.165) is 43.4 Å². The molecule has 7 heteroatoms. The average molecular weight is 325 g/mol.